The highest BCUT2D eigenvalue weighted by atomic mass is 16.5. The lowest BCUT2D eigenvalue weighted by Crippen LogP contribution is -2.16. The zero-order valence-electron chi connectivity index (χ0n) is 16.4. The molecule has 29 heavy (non-hydrogen) atoms. The Labute approximate surface area is 170 Å². The van der Waals surface area contributed by atoms with Gasteiger partial charge in [0, 0.05) is 18.0 Å². The Bertz CT molecular complexity index is 941. The van der Waals surface area contributed by atoms with Crippen molar-refractivity contribution >= 4 is 11.6 Å². The maximum atomic E-state index is 12.7. The molecule has 0 fully saturated rings. The van der Waals surface area contributed by atoms with Gasteiger partial charge in [-0.05, 0) is 59.7 Å². The summed E-state index contributed by atoms with van der Waals surface area (Å²) in [6, 6.07) is 24.4. The molecule has 0 aliphatic heterocycles. The summed E-state index contributed by atoms with van der Waals surface area (Å²) in [6.45, 7) is 0. The van der Waals surface area contributed by atoms with Crippen LogP contribution in [0.3, 0.4) is 0 Å². The zero-order valence-corrected chi connectivity index (χ0v) is 16.4. The van der Waals surface area contributed by atoms with Gasteiger partial charge in [-0.15, -0.1) is 0 Å². The minimum Gasteiger partial charge on any atom is -0.497 e. The molecule has 0 unspecified atom stereocenters. The summed E-state index contributed by atoms with van der Waals surface area (Å²) < 4.78 is 10.5. The third-order valence-electron chi connectivity index (χ3n) is 4.72. The quantitative estimate of drug-likeness (QED) is 0.637. The highest BCUT2D eigenvalue weighted by Gasteiger charge is 2.19. The Balaban J connectivity index is 1.82. The van der Waals surface area contributed by atoms with E-state index in [1.807, 2.05) is 48.5 Å². The van der Waals surface area contributed by atoms with Gasteiger partial charge in [0.2, 0.25) is 5.91 Å². The first kappa shape index (κ1) is 20.0. The van der Waals surface area contributed by atoms with Crippen LogP contribution in [0.25, 0.3) is 0 Å². The van der Waals surface area contributed by atoms with Crippen molar-refractivity contribution in [2.24, 2.45) is 0 Å². The van der Waals surface area contributed by atoms with E-state index in [9.17, 15) is 4.79 Å². The van der Waals surface area contributed by atoms with Crippen LogP contribution in [0.1, 0.15) is 29.0 Å². The first-order chi connectivity index (χ1) is 14.1. The molecule has 5 heteroatoms. The standard InChI is InChI=1S/C24H22N2O3/c1-28-21-11-5-18(6-12-21)23(19-7-13-22(29-2)14-8-19)15-24(27)26-20-9-3-17(16-25)4-10-20/h3-14,23H,15H2,1-2H3,(H,26,27). The van der Waals surface area contributed by atoms with Crippen LogP contribution in [0.4, 0.5) is 5.69 Å². The molecule has 3 aromatic rings. The maximum absolute atomic E-state index is 12.7. The number of carbonyl (C=O) groups is 1. The molecule has 146 valence electrons. The molecule has 0 saturated carbocycles. The lowest BCUT2D eigenvalue weighted by molar-refractivity contribution is -0.116. The van der Waals surface area contributed by atoms with Crippen LogP contribution < -0.4 is 14.8 Å². The molecule has 3 rings (SSSR count). The van der Waals surface area contributed by atoms with Crippen molar-refractivity contribution in [2.75, 3.05) is 19.5 Å². The number of hydrogen-bond acceptors (Lipinski definition) is 4. The topological polar surface area (TPSA) is 71.3 Å². The molecule has 1 N–H and O–H groups in total. The first-order valence-corrected chi connectivity index (χ1v) is 9.21. The van der Waals surface area contributed by atoms with Crippen LogP contribution in [0.2, 0.25) is 0 Å². The minimum absolute atomic E-state index is 0.105. The fourth-order valence-corrected chi connectivity index (χ4v) is 3.13. The van der Waals surface area contributed by atoms with Crippen molar-refractivity contribution in [1.82, 2.24) is 0 Å². The fourth-order valence-electron chi connectivity index (χ4n) is 3.13. The Morgan fingerprint density at radius 3 is 1.76 bits per heavy atom. The van der Waals surface area contributed by atoms with Gasteiger partial charge < -0.3 is 14.8 Å². The van der Waals surface area contributed by atoms with E-state index in [1.165, 1.54) is 0 Å². The average Bonchev–Trinajstić information content (AvgIpc) is 2.78. The Kier molecular flexibility index (Phi) is 6.49. The number of nitrogens with one attached hydrogen (secondary N) is 1. The molecular formula is C24H22N2O3. The van der Waals surface area contributed by atoms with Crippen molar-refractivity contribution in [1.29, 1.82) is 5.26 Å². The monoisotopic (exact) mass is 386 g/mol. The van der Waals surface area contributed by atoms with E-state index >= 15 is 0 Å². The summed E-state index contributed by atoms with van der Waals surface area (Å²) >= 11 is 0. The van der Waals surface area contributed by atoms with E-state index in [-0.39, 0.29) is 18.2 Å². The molecule has 0 aromatic heterocycles. The number of nitriles is 1. The zero-order chi connectivity index (χ0) is 20.6. The molecular weight excluding hydrogens is 364 g/mol. The van der Waals surface area contributed by atoms with E-state index in [0.29, 0.717) is 11.3 Å². The molecule has 0 spiro atoms. The number of nitrogens with zero attached hydrogens (tertiary/aromatic N) is 1. The summed E-state index contributed by atoms with van der Waals surface area (Å²) in [7, 11) is 3.25. The molecule has 3 aromatic carbocycles. The molecule has 0 heterocycles. The number of benzene rings is 3. The van der Waals surface area contributed by atoms with Crippen LogP contribution in [0.5, 0.6) is 11.5 Å². The number of methoxy groups -OCH3 is 2. The minimum atomic E-state index is -0.120. The fraction of sp³-hybridized carbons (Fsp3) is 0.167. The smallest absolute Gasteiger partial charge is 0.225 e. The van der Waals surface area contributed by atoms with Gasteiger partial charge in [0.15, 0.2) is 0 Å². The maximum Gasteiger partial charge on any atom is 0.225 e. The van der Waals surface area contributed by atoms with E-state index in [2.05, 4.69) is 11.4 Å². The second-order valence-corrected chi connectivity index (χ2v) is 6.54. The van der Waals surface area contributed by atoms with E-state index in [0.717, 1.165) is 22.6 Å². The molecule has 0 atom stereocenters. The Morgan fingerprint density at radius 2 is 1.34 bits per heavy atom. The second-order valence-electron chi connectivity index (χ2n) is 6.54. The van der Waals surface area contributed by atoms with Gasteiger partial charge in [0.25, 0.3) is 0 Å². The number of carbonyl (C=O) groups excluding carboxylic acids is 1. The summed E-state index contributed by atoms with van der Waals surface area (Å²) in [5.41, 5.74) is 3.26. The first-order valence-electron chi connectivity index (χ1n) is 9.21. The normalized spacial score (nSPS) is 10.3. The van der Waals surface area contributed by atoms with Gasteiger partial charge in [-0.2, -0.15) is 5.26 Å². The van der Waals surface area contributed by atoms with E-state index < -0.39 is 0 Å². The largest absolute Gasteiger partial charge is 0.497 e. The van der Waals surface area contributed by atoms with Gasteiger partial charge in [-0.1, -0.05) is 24.3 Å². The lowest BCUT2D eigenvalue weighted by atomic mass is 9.88. The number of amides is 1. The number of anilines is 1. The van der Waals surface area contributed by atoms with Crippen LogP contribution in [-0.4, -0.2) is 20.1 Å². The predicted octanol–water partition coefficient (Wildman–Crippen LogP) is 4.74. The van der Waals surface area contributed by atoms with Gasteiger partial charge in [-0.3, -0.25) is 4.79 Å². The number of ether oxygens (including phenoxy) is 2. The molecule has 1 amide bonds. The van der Waals surface area contributed by atoms with Gasteiger partial charge >= 0.3 is 0 Å². The van der Waals surface area contributed by atoms with Crippen LogP contribution in [0, 0.1) is 11.3 Å². The summed E-state index contributed by atoms with van der Waals surface area (Å²) in [4.78, 5) is 12.7. The van der Waals surface area contributed by atoms with Crippen molar-refractivity contribution in [3.05, 3.63) is 89.5 Å². The van der Waals surface area contributed by atoms with Crippen LogP contribution >= 0.6 is 0 Å². The third-order valence-corrected chi connectivity index (χ3v) is 4.72. The Morgan fingerprint density at radius 1 is 0.862 bits per heavy atom. The van der Waals surface area contributed by atoms with Crippen LogP contribution in [-0.2, 0) is 4.79 Å². The highest BCUT2D eigenvalue weighted by Crippen LogP contribution is 2.31. The third kappa shape index (κ3) is 5.14. The predicted molar refractivity (Wildman–Crippen MR) is 112 cm³/mol. The van der Waals surface area contributed by atoms with Crippen molar-refractivity contribution in [3.63, 3.8) is 0 Å². The molecule has 5 nitrogen and oxygen atoms in total. The SMILES string of the molecule is COc1ccc(C(CC(=O)Nc2ccc(C#N)cc2)c2ccc(OC)cc2)cc1. The van der Waals surface area contributed by atoms with Crippen molar-refractivity contribution in [2.45, 2.75) is 12.3 Å². The summed E-state index contributed by atoms with van der Waals surface area (Å²) in [6.07, 6.45) is 0.276. The molecule has 0 radical (unpaired) electrons. The average molecular weight is 386 g/mol. The van der Waals surface area contributed by atoms with Gasteiger partial charge in [0.1, 0.15) is 11.5 Å². The van der Waals surface area contributed by atoms with Crippen molar-refractivity contribution < 1.29 is 14.3 Å². The summed E-state index contributed by atoms with van der Waals surface area (Å²) in [5.74, 6) is 1.31. The molecule has 0 aliphatic rings. The second kappa shape index (κ2) is 9.43. The summed E-state index contributed by atoms with van der Waals surface area (Å²) in [5, 5.41) is 11.8. The molecule has 0 bridgehead atoms. The highest BCUT2D eigenvalue weighted by molar-refractivity contribution is 5.91. The lowest BCUT2D eigenvalue weighted by Gasteiger charge is -2.19. The van der Waals surface area contributed by atoms with Gasteiger partial charge in [-0.25, -0.2) is 0 Å². The van der Waals surface area contributed by atoms with E-state index in [4.69, 9.17) is 14.7 Å². The van der Waals surface area contributed by atoms with Crippen molar-refractivity contribution in [3.8, 4) is 17.6 Å². The number of hydrogen-bond donors (Lipinski definition) is 1. The molecule has 0 saturated heterocycles. The Hall–Kier alpha value is -3.78. The number of rotatable bonds is 7. The van der Waals surface area contributed by atoms with E-state index in [1.54, 1.807) is 38.5 Å². The molecule has 0 aliphatic carbocycles. The van der Waals surface area contributed by atoms with Crippen LogP contribution in [0.15, 0.2) is 72.8 Å². The van der Waals surface area contributed by atoms with Gasteiger partial charge in [0.05, 0.1) is 25.9 Å².